The van der Waals surface area contributed by atoms with Gasteiger partial charge in [0.15, 0.2) is 0 Å². The number of fused-ring (bicyclic) bond motifs is 3. The summed E-state index contributed by atoms with van der Waals surface area (Å²) in [6.07, 6.45) is 7.11. The molecule has 2 bridgehead atoms. The number of para-hydroxylation sites is 1. The van der Waals surface area contributed by atoms with Crippen LogP contribution >= 0.6 is 0 Å². The van der Waals surface area contributed by atoms with Crippen LogP contribution in [0.2, 0.25) is 0 Å². The van der Waals surface area contributed by atoms with Crippen LogP contribution in [0.25, 0.3) is 11.0 Å². The fourth-order valence-corrected chi connectivity index (χ4v) is 4.52. The second-order valence-electron chi connectivity index (χ2n) is 6.70. The zero-order valence-electron chi connectivity index (χ0n) is 12.1. The third kappa shape index (κ3) is 2.07. The Kier molecular flexibility index (Phi) is 3.07. The molecule has 1 aromatic heterocycles. The number of nitrogens with one attached hydrogen (secondary N) is 1. The Labute approximate surface area is 120 Å². The molecule has 2 saturated carbocycles. The third-order valence-corrected chi connectivity index (χ3v) is 5.56. The van der Waals surface area contributed by atoms with E-state index in [1.54, 1.807) is 0 Å². The van der Waals surface area contributed by atoms with Crippen molar-refractivity contribution in [3.05, 3.63) is 36.1 Å². The van der Waals surface area contributed by atoms with Gasteiger partial charge in [-0.25, -0.2) is 0 Å². The second-order valence-corrected chi connectivity index (χ2v) is 6.70. The van der Waals surface area contributed by atoms with Crippen LogP contribution in [0, 0.1) is 17.8 Å². The van der Waals surface area contributed by atoms with Crippen LogP contribution in [0.4, 0.5) is 0 Å². The molecule has 1 aromatic carbocycles. The summed E-state index contributed by atoms with van der Waals surface area (Å²) >= 11 is 0. The first-order valence-electron chi connectivity index (χ1n) is 7.99. The highest BCUT2D eigenvalue weighted by atomic mass is 16.3. The Balaban J connectivity index is 1.55. The Bertz CT molecular complexity index is 569. The third-order valence-electron chi connectivity index (χ3n) is 5.56. The molecule has 20 heavy (non-hydrogen) atoms. The molecule has 0 spiro atoms. The van der Waals surface area contributed by atoms with Crippen molar-refractivity contribution in [2.75, 3.05) is 7.05 Å². The van der Waals surface area contributed by atoms with E-state index in [0.29, 0.717) is 6.04 Å². The largest absolute Gasteiger partial charge is 0.459 e. The van der Waals surface area contributed by atoms with Gasteiger partial charge in [0.1, 0.15) is 11.3 Å². The van der Waals surface area contributed by atoms with Gasteiger partial charge in [0, 0.05) is 5.39 Å². The van der Waals surface area contributed by atoms with E-state index >= 15 is 0 Å². The molecular formula is C18H23NO. The summed E-state index contributed by atoms with van der Waals surface area (Å²) in [4.78, 5) is 0. The topological polar surface area (TPSA) is 25.2 Å². The first-order chi connectivity index (χ1) is 9.83. The lowest BCUT2D eigenvalue weighted by Crippen LogP contribution is -2.22. The second kappa shape index (κ2) is 4.92. The Hall–Kier alpha value is -1.28. The van der Waals surface area contributed by atoms with Gasteiger partial charge in [-0.3, -0.25) is 0 Å². The van der Waals surface area contributed by atoms with Crippen LogP contribution in [0.3, 0.4) is 0 Å². The maximum absolute atomic E-state index is 6.05. The number of benzene rings is 1. The van der Waals surface area contributed by atoms with Crippen molar-refractivity contribution < 1.29 is 4.42 Å². The van der Waals surface area contributed by atoms with Gasteiger partial charge in [0.25, 0.3) is 0 Å². The van der Waals surface area contributed by atoms with Crippen molar-refractivity contribution in [3.63, 3.8) is 0 Å². The molecule has 106 valence electrons. The lowest BCUT2D eigenvalue weighted by molar-refractivity contribution is 0.271. The Morgan fingerprint density at radius 2 is 2.15 bits per heavy atom. The van der Waals surface area contributed by atoms with Gasteiger partial charge < -0.3 is 9.73 Å². The van der Waals surface area contributed by atoms with Gasteiger partial charge in [0.05, 0.1) is 6.04 Å². The molecule has 0 saturated heterocycles. The normalized spacial score (nSPS) is 30.1. The zero-order chi connectivity index (χ0) is 13.5. The van der Waals surface area contributed by atoms with Gasteiger partial charge in [0.2, 0.25) is 0 Å². The highest BCUT2D eigenvalue weighted by molar-refractivity contribution is 5.77. The molecular weight excluding hydrogens is 246 g/mol. The van der Waals surface area contributed by atoms with Gasteiger partial charge in [-0.05, 0) is 62.6 Å². The molecule has 2 aliphatic rings. The maximum Gasteiger partial charge on any atom is 0.134 e. The van der Waals surface area contributed by atoms with E-state index in [4.69, 9.17) is 4.42 Å². The molecule has 4 atom stereocenters. The smallest absolute Gasteiger partial charge is 0.134 e. The molecule has 1 heterocycles. The van der Waals surface area contributed by atoms with Crippen molar-refractivity contribution >= 4 is 11.0 Å². The Morgan fingerprint density at radius 3 is 2.85 bits per heavy atom. The van der Waals surface area contributed by atoms with Gasteiger partial charge in [-0.15, -0.1) is 0 Å². The predicted molar refractivity (Wildman–Crippen MR) is 81.6 cm³/mol. The summed E-state index contributed by atoms with van der Waals surface area (Å²) < 4.78 is 6.05. The van der Waals surface area contributed by atoms with Gasteiger partial charge in [-0.1, -0.05) is 24.6 Å². The summed E-state index contributed by atoms with van der Waals surface area (Å²) in [6.45, 7) is 0. The summed E-state index contributed by atoms with van der Waals surface area (Å²) in [5, 5.41) is 4.69. The lowest BCUT2D eigenvalue weighted by atomic mass is 9.84. The average Bonchev–Trinajstić information content (AvgIpc) is 3.18. The Morgan fingerprint density at radius 1 is 1.25 bits per heavy atom. The monoisotopic (exact) mass is 269 g/mol. The van der Waals surface area contributed by atoms with Crippen molar-refractivity contribution in [1.82, 2.24) is 5.32 Å². The number of furan rings is 1. The fourth-order valence-electron chi connectivity index (χ4n) is 4.52. The summed E-state index contributed by atoms with van der Waals surface area (Å²) in [5.74, 6) is 4.02. The molecule has 0 radical (unpaired) electrons. The van der Waals surface area contributed by atoms with Crippen LogP contribution in [0.15, 0.2) is 34.7 Å². The van der Waals surface area contributed by atoms with E-state index in [-0.39, 0.29) is 0 Å². The van der Waals surface area contributed by atoms with Crippen molar-refractivity contribution in [3.8, 4) is 0 Å². The zero-order valence-corrected chi connectivity index (χ0v) is 12.1. The molecule has 2 fully saturated rings. The van der Waals surface area contributed by atoms with E-state index in [2.05, 4.69) is 36.6 Å². The van der Waals surface area contributed by atoms with Gasteiger partial charge >= 0.3 is 0 Å². The average molecular weight is 269 g/mol. The number of hydrogen-bond acceptors (Lipinski definition) is 2. The minimum atomic E-state index is 0.367. The highest BCUT2D eigenvalue weighted by Crippen LogP contribution is 2.51. The molecule has 4 unspecified atom stereocenters. The van der Waals surface area contributed by atoms with Crippen LogP contribution < -0.4 is 5.32 Å². The van der Waals surface area contributed by atoms with Gasteiger partial charge in [-0.2, -0.15) is 0 Å². The molecule has 0 amide bonds. The summed E-state index contributed by atoms with van der Waals surface area (Å²) in [7, 11) is 2.06. The standard InChI is InChI=1S/C18H23NO/c1-19-16(10-15-9-12-6-7-13(15)8-12)18-11-14-4-2-3-5-17(14)20-18/h2-5,11-13,15-16,19H,6-10H2,1H3. The van der Waals surface area contributed by atoms with E-state index < -0.39 is 0 Å². The quantitative estimate of drug-likeness (QED) is 0.882. The lowest BCUT2D eigenvalue weighted by Gasteiger charge is -2.25. The van der Waals surface area contributed by atoms with Crippen LogP contribution in [-0.2, 0) is 0 Å². The molecule has 2 aliphatic carbocycles. The van der Waals surface area contributed by atoms with Crippen LogP contribution in [0.1, 0.15) is 43.9 Å². The van der Waals surface area contributed by atoms with E-state index in [9.17, 15) is 0 Å². The van der Waals surface area contributed by atoms with Crippen molar-refractivity contribution in [2.45, 2.75) is 38.1 Å². The fraction of sp³-hybridized carbons (Fsp3) is 0.556. The molecule has 1 N–H and O–H groups in total. The predicted octanol–water partition coefficient (Wildman–Crippen LogP) is 4.52. The van der Waals surface area contributed by atoms with Crippen LogP contribution in [0.5, 0.6) is 0 Å². The van der Waals surface area contributed by atoms with Crippen LogP contribution in [-0.4, -0.2) is 7.05 Å². The number of hydrogen-bond donors (Lipinski definition) is 1. The first kappa shape index (κ1) is 12.5. The van der Waals surface area contributed by atoms with Crippen molar-refractivity contribution in [2.24, 2.45) is 17.8 Å². The minimum Gasteiger partial charge on any atom is -0.459 e. The SMILES string of the molecule is CNC(CC1CC2CCC1C2)c1cc2ccccc2o1. The van der Waals surface area contributed by atoms with E-state index in [1.165, 1.54) is 37.5 Å². The molecule has 2 nitrogen and oxygen atoms in total. The molecule has 0 aliphatic heterocycles. The number of rotatable bonds is 4. The molecule has 4 rings (SSSR count). The van der Waals surface area contributed by atoms with Crippen molar-refractivity contribution in [1.29, 1.82) is 0 Å². The van der Waals surface area contributed by atoms with E-state index in [1.807, 2.05) is 6.07 Å². The summed E-state index contributed by atoms with van der Waals surface area (Å²) in [5.41, 5.74) is 1.01. The minimum absolute atomic E-state index is 0.367. The van der Waals surface area contributed by atoms with E-state index in [0.717, 1.165) is 29.1 Å². The molecule has 2 aromatic rings. The highest BCUT2D eigenvalue weighted by Gasteiger charge is 2.40. The summed E-state index contributed by atoms with van der Waals surface area (Å²) in [6, 6.07) is 10.9. The maximum atomic E-state index is 6.05. The first-order valence-corrected chi connectivity index (χ1v) is 7.99. The molecule has 2 heteroatoms.